The van der Waals surface area contributed by atoms with Gasteiger partial charge in [-0.2, -0.15) is 0 Å². The first-order valence-electron chi connectivity index (χ1n) is 12.7. The van der Waals surface area contributed by atoms with E-state index in [0.29, 0.717) is 23.3 Å². The van der Waals surface area contributed by atoms with Crippen LogP contribution in [0.15, 0.2) is 0 Å². The molecule has 8 unspecified atom stereocenters. The zero-order valence-electron chi connectivity index (χ0n) is 19.8. The molecule has 3 heteroatoms. The van der Waals surface area contributed by atoms with Gasteiger partial charge in [0.25, 0.3) is 0 Å². The molecule has 4 saturated carbocycles. The Bertz CT molecular complexity index is 563. The average Bonchev–Trinajstić information content (AvgIpc) is 3.06. The van der Waals surface area contributed by atoms with E-state index in [4.69, 9.17) is 10.5 Å². The summed E-state index contributed by atoms with van der Waals surface area (Å²) in [6, 6.07) is 0.458. The number of carbonyl (C=O) groups excluding carboxylic acids is 1. The van der Waals surface area contributed by atoms with Gasteiger partial charge in [0, 0.05) is 12.5 Å². The first-order chi connectivity index (χ1) is 13.9. The second-order valence-electron chi connectivity index (χ2n) is 11.0. The van der Waals surface area contributed by atoms with Gasteiger partial charge in [0.15, 0.2) is 0 Å². The highest BCUT2D eigenvalue weighted by molar-refractivity contribution is 5.68. The summed E-state index contributed by atoms with van der Waals surface area (Å²) >= 11 is 0. The Hall–Kier alpha value is -0.570. The van der Waals surface area contributed by atoms with Crippen LogP contribution in [0.5, 0.6) is 0 Å². The Kier molecular flexibility index (Phi) is 8.87. The lowest BCUT2D eigenvalue weighted by Gasteiger charge is -2.61. The Morgan fingerprint density at radius 3 is 2.33 bits per heavy atom. The molecule has 8 atom stereocenters. The maximum Gasteiger partial charge on any atom is 0.305 e. The third kappa shape index (κ3) is 4.48. The topological polar surface area (TPSA) is 52.3 Å². The maximum absolute atomic E-state index is 11.5. The van der Waals surface area contributed by atoms with Crippen molar-refractivity contribution >= 4 is 5.97 Å². The number of hydrogen-bond acceptors (Lipinski definition) is 3. The molecule has 0 spiro atoms. The minimum Gasteiger partial charge on any atom is -0.469 e. The molecule has 0 amide bonds. The molecule has 0 radical (unpaired) electrons. The van der Waals surface area contributed by atoms with E-state index in [9.17, 15) is 4.79 Å². The molecule has 0 aliphatic heterocycles. The summed E-state index contributed by atoms with van der Waals surface area (Å²) in [6.07, 6.45) is 15.2. The van der Waals surface area contributed by atoms with E-state index in [-0.39, 0.29) is 13.4 Å². The highest BCUT2D eigenvalue weighted by atomic mass is 16.5. The average molecular weight is 422 g/mol. The Morgan fingerprint density at radius 2 is 1.63 bits per heavy atom. The zero-order chi connectivity index (χ0) is 21.2. The van der Waals surface area contributed by atoms with Crippen molar-refractivity contribution in [1.82, 2.24) is 0 Å². The van der Waals surface area contributed by atoms with Crippen molar-refractivity contribution in [3.8, 4) is 0 Å². The third-order valence-electron chi connectivity index (χ3n) is 10.1. The van der Waals surface area contributed by atoms with Crippen LogP contribution in [-0.4, -0.2) is 19.1 Å². The van der Waals surface area contributed by atoms with Crippen LogP contribution in [0.25, 0.3) is 0 Å². The van der Waals surface area contributed by atoms with E-state index >= 15 is 0 Å². The van der Waals surface area contributed by atoms with E-state index in [1.165, 1.54) is 71.3 Å². The molecule has 0 aromatic rings. The van der Waals surface area contributed by atoms with E-state index in [0.717, 1.165) is 36.0 Å². The standard InChI is InChI=1S/C24H41NO2.C2H6.CH4/c1-23-14-12-21-19(9-7-17-15-18(25)11-13-24(17,21)2)20(23)10-8-16(23)5-4-6-22(26)27-3;1-2;/h16-21H,4-15,25H2,1-3H3;1-2H3;1H4. The molecule has 2 N–H and O–H groups in total. The minimum absolute atomic E-state index is 0. The van der Waals surface area contributed by atoms with Crippen LogP contribution in [0, 0.1) is 40.4 Å². The van der Waals surface area contributed by atoms with E-state index < -0.39 is 0 Å². The first-order valence-corrected chi connectivity index (χ1v) is 12.7. The fourth-order valence-electron chi connectivity index (χ4n) is 8.47. The van der Waals surface area contributed by atoms with Crippen molar-refractivity contribution in [1.29, 1.82) is 0 Å². The molecule has 0 aromatic carbocycles. The lowest BCUT2D eigenvalue weighted by Crippen LogP contribution is -2.54. The molecule has 4 fully saturated rings. The number of methoxy groups -OCH3 is 1. The van der Waals surface area contributed by atoms with Gasteiger partial charge in [0.05, 0.1) is 7.11 Å². The number of hydrogen-bond donors (Lipinski definition) is 1. The van der Waals surface area contributed by atoms with Crippen molar-refractivity contribution in [2.45, 2.75) is 118 Å². The maximum atomic E-state index is 11.5. The molecule has 0 aromatic heterocycles. The summed E-state index contributed by atoms with van der Waals surface area (Å²) in [5.41, 5.74) is 7.42. The lowest BCUT2D eigenvalue weighted by molar-refractivity contribution is -0.140. The van der Waals surface area contributed by atoms with Crippen LogP contribution >= 0.6 is 0 Å². The second-order valence-corrected chi connectivity index (χ2v) is 11.0. The van der Waals surface area contributed by atoms with Crippen molar-refractivity contribution < 1.29 is 9.53 Å². The van der Waals surface area contributed by atoms with Gasteiger partial charge in [0.1, 0.15) is 0 Å². The number of rotatable bonds is 4. The molecule has 0 saturated heterocycles. The Labute approximate surface area is 187 Å². The molecule has 30 heavy (non-hydrogen) atoms. The fraction of sp³-hybridized carbons (Fsp3) is 0.963. The normalized spacial score (nSPS) is 44.3. The zero-order valence-corrected chi connectivity index (χ0v) is 19.8. The quantitative estimate of drug-likeness (QED) is 0.498. The molecule has 4 rings (SSSR count). The third-order valence-corrected chi connectivity index (χ3v) is 10.1. The fourth-order valence-corrected chi connectivity index (χ4v) is 8.47. The van der Waals surface area contributed by atoms with Crippen molar-refractivity contribution in [2.24, 2.45) is 46.2 Å². The SMILES string of the molecule is C.CC.COC(=O)CCCC1CCC2C3CCC4CC(N)CCC4(C)C3CCC12C. The van der Waals surface area contributed by atoms with Gasteiger partial charge in [-0.1, -0.05) is 35.1 Å². The largest absolute Gasteiger partial charge is 0.469 e. The number of ether oxygens (including phenoxy) is 1. The van der Waals surface area contributed by atoms with Crippen LogP contribution in [0.4, 0.5) is 0 Å². The molecular weight excluding hydrogens is 370 g/mol. The number of carbonyl (C=O) groups is 1. The smallest absolute Gasteiger partial charge is 0.305 e. The van der Waals surface area contributed by atoms with Crippen molar-refractivity contribution in [2.75, 3.05) is 7.11 Å². The second kappa shape index (κ2) is 10.4. The van der Waals surface area contributed by atoms with E-state index in [2.05, 4.69) is 13.8 Å². The van der Waals surface area contributed by atoms with Gasteiger partial charge in [-0.15, -0.1) is 0 Å². The van der Waals surface area contributed by atoms with Gasteiger partial charge in [-0.05, 0) is 111 Å². The summed E-state index contributed by atoms with van der Waals surface area (Å²) < 4.78 is 4.84. The molecule has 0 bridgehead atoms. The van der Waals surface area contributed by atoms with Gasteiger partial charge in [0.2, 0.25) is 0 Å². The molecule has 3 nitrogen and oxygen atoms in total. The first kappa shape index (κ1) is 25.7. The van der Waals surface area contributed by atoms with Crippen LogP contribution in [0.2, 0.25) is 0 Å². The van der Waals surface area contributed by atoms with E-state index in [1.54, 1.807) is 0 Å². The number of fused-ring (bicyclic) bond motifs is 5. The highest BCUT2D eigenvalue weighted by Gasteiger charge is 2.59. The van der Waals surface area contributed by atoms with E-state index in [1.807, 2.05) is 13.8 Å². The van der Waals surface area contributed by atoms with Crippen molar-refractivity contribution in [3.63, 3.8) is 0 Å². The molecular formula is C27H51NO2. The van der Waals surface area contributed by atoms with Gasteiger partial charge >= 0.3 is 5.97 Å². The lowest BCUT2D eigenvalue weighted by atomic mass is 9.44. The van der Waals surface area contributed by atoms with Crippen LogP contribution in [0.1, 0.15) is 112 Å². The Morgan fingerprint density at radius 1 is 0.967 bits per heavy atom. The van der Waals surface area contributed by atoms with Crippen LogP contribution < -0.4 is 5.73 Å². The predicted octanol–water partition coefficient (Wildman–Crippen LogP) is 6.98. The monoisotopic (exact) mass is 421 g/mol. The van der Waals surface area contributed by atoms with Gasteiger partial charge in [-0.3, -0.25) is 4.79 Å². The summed E-state index contributed by atoms with van der Waals surface area (Å²) in [5.74, 6) is 4.47. The number of esters is 1. The Balaban J connectivity index is 0.00000104. The van der Waals surface area contributed by atoms with Crippen LogP contribution in [0.3, 0.4) is 0 Å². The van der Waals surface area contributed by atoms with Gasteiger partial charge < -0.3 is 10.5 Å². The molecule has 4 aliphatic carbocycles. The molecule has 0 heterocycles. The highest BCUT2D eigenvalue weighted by Crippen LogP contribution is 2.67. The number of nitrogens with two attached hydrogens (primary N) is 1. The minimum atomic E-state index is -0.0415. The summed E-state index contributed by atoms with van der Waals surface area (Å²) in [7, 11) is 1.51. The summed E-state index contributed by atoms with van der Waals surface area (Å²) in [4.78, 5) is 11.5. The van der Waals surface area contributed by atoms with Crippen molar-refractivity contribution in [3.05, 3.63) is 0 Å². The predicted molar refractivity (Wildman–Crippen MR) is 127 cm³/mol. The van der Waals surface area contributed by atoms with Crippen LogP contribution in [-0.2, 0) is 9.53 Å². The summed E-state index contributed by atoms with van der Waals surface area (Å²) in [5, 5.41) is 0. The summed E-state index contributed by atoms with van der Waals surface area (Å²) in [6.45, 7) is 9.24. The van der Waals surface area contributed by atoms with Gasteiger partial charge in [-0.25, -0.2) is 0 Å². The molecule has 4 aliphatic rings. The molecule has 176 valence electrons.